The number of amides is 1. The predicted molar refractivity (Wildman–Crippen MR) is 69.6 cm³/mol. The summed E-state index contributed by atoms with van der Waals surface area (Å²) in [5.74, 6) is -1.44. The Hall–Kier alpha value is -2.70. The van der Waals surface area contributed by atoms with Crippen molar-refractivity contribution < 1.29 is 14.7 Å². The first-order valence-electron chi connectivity index (χ1n) is 6.08. The van der Waals surface area contributed by atoms with Crippen LogP contribution >= 0.6 is 0 Å². The predicted octanol–water partition coefficient (Wildman–Crippen LogP) is 0.610. The number of nitrogens with zero attached hydrogens (tertiary/aromatic N) is 3. The fourth-order valence-corrected chi connectivity index (χ4v) is 1.73. The number of aromatic nitrogens is 3. The van der Waals surface area contributed by atoms with Crippen LogP contribution in [0.1, 0.15) is 18.0 Å². The molecule has 0 aliphatic carbocycles. The van der Waals surface area contributed by atoms with Gasteiger partial charge >= 0.3 is 5.97 Å². The van der Waals surface area contributed by atoms with Gasteiger partial charge in [0.15, 0.2) is 6.04 Å². The maximum Gasteiger partial charge on any atom is 0.330 e. The van der Waals surface area contributed by atoms with Crippen LogP contribution in [0.3, 0.4) is 0 Å². The molecule has 0 spiro atoms. The summed E-state index contributed by atoms with van der Waals surface area (Å²) in [7, 11) is 0. The van der Waals surface area contributed by atoms with E-state index in [9.17, 15) is 14.7 Å². The SMILES string of the molecule is O=C(CCn1ccnn1)NC(C(=O)O)c1ccccc1. The molecule has 7 heteroatoms. The molecule has 20 heavy (non-hydrogen) atoms. The van der Waals surface area contributed by atoms with Crippen LogP contribution in [-0.4, -0.2) is 32.0 Å². The second-order valence-corrected chi connectivity index (χ2v) is 4.17. The smallest absolute Gasteiger partial charge is 0.330 e. The molecule has 2 rings (SSSR count). The average molecular weight is 274 g/mol. The van der Waals surface area contributed by atoms with Gasteiger partial charge in [-0.2, -0.15) is 0 Å². The minimum atomic E-state index is -1.09. The van der Waals surface area contributed by atoms with Crippen molar-refractivity contribution in [3.63, 3.8) is 0 Å². The van der Waals surface area contributed by atoms with Gasteiger partial charge in [-0.3, -0.25) is 9.48 Å². The first kappa shape index (κ1) is 13.7. The lowest BCUT2D eigenvalue weighted by molar-refractivity contribution is -0.142. The van der Waals surface area contributed by atoms with Crippen LogP contribution in [0.4, 0.5) is 0 Å². The summed E-state index contributed by atoms with van der Waals surface area (Å²) < 4.78 is 1.51. The molecular weight excluding hydrogens is 260 g/mol. The first-order chi connectivity index (χ1) is 9.66. The summed E-state index contributed by atoms with van der Waals surface area (Å²) in [4.78, 5) is 23.0. The zero-order chi connectivity index (χ0) is 14.4. The van der Waals surface area contributed by atoms with Crippen molar-refractivity contribution in [1.82, 2.24) is 20.3 Å². The van der Waals surface area contributed by atoms with Crippen molar-refractivity contribution in [1.29, 1.82) is 0 Å². The molecule has 2 N–H and O–H groups in total. The number of nitrogens with one attached hydrogen (secondary N) is 1. The maximum atomic E-state index is 11.8. The van der Waals surface area contributed by atoms with Crippen LogP contribution in [0.2, 0.25) is 0 Å². The molecular formula is C13H14N4O3. The molecule has 1 unspecified atom stereocenters. The fraction of sp³-hybridized carbons (Fsp3) is 0.231. The van der Waals surface area contributed by atoms with Crippen LogP contribution in [0.25, 0.3) is 0 Å². The van der Waals surface area contributed by atoms with Gasteiger partial charge in [0.1, 0.15) is 0 Å². The number of hydrogen-bond donors (Lipinski definition) is 2. The standard InChI is InChI=1S/C13H14N4O3/c18-11(6-8-17-9-7-14-16-17)15-12(13(19)20)10-4-2-1-3-5-10/h1-5,7,9,12H,6,8H2,(H,15,18)(H,19,20). The highest BCUT2D eigenvalue weighted by atomic mass is 16.4. The highest BCUT2D eigenvalue weighted by molar-refractivity contribution is 5.84. The Morgan fingerprint density at radius 2 is 2.05 bits per heavy atom. The number of carboxylic acids is 1. The number of carboxylic acid groups (broad SMARTS) is 1. The van der Waals surface area contributed by atoms with Crippen LogP contribution in [-0.2, 0) is 16.1 Å². The van der Waals surface area contributed by atoms with Crippen LogP contribution in [0.15, 0.2) is 42.7 Å². The molecule has 0 radical (unpaired) electrons. The third kappa shape index (κ3) is 3.64. The number of hydrogen-bond acceptors (Lipinski definition) is 4. The fourth-order valence-electron chi connectivity index (χ4n) is 1.73. The molecule has 104 valence electrons. The Morgan fingerprint density at radius 3 is 2.65 bits per heavy atom. The monoisotopic (exact) mass is 274 g/mol. The van der Waals surface area contributed by atoms with Gasteiger partial charge in [0.25, 0.3) is 0 Å². The molecule has 0 bridgehead atoms. The van der Waals surface area contributed by atoms with Crippen molar-refractivity contribution in [2.75, 3.05) is 0 Å². The lowest BCUT2D eigenvalue weighted by Gasteiger charge is -2.14. The molecule has 0 saturated carbocycles. The second kappa shape index (κ2) is 6.46. The van der Waals surface area contributed by atoms with E-state index in [2.05, 4.69) is 15.6 Å². The first-order valence-corrected chi connectivity index (χ1v) is 6.08. The van der Waals surface area contributed by atoms with Crippen molar-refractivity contribution in [2.45, 2.75) is 19.0 Å². The van der Waals surface area contributed by atoms with Crippen molar-refractivity contribution >= 4 is 11.9 Å². The van der Waals surface area contributed by atoms with E-state index in [1.54, 1.807) is 36.5 Å². The van der Waals surface area contributed by atoms with Gasteiger partial charge in [-0.05, 0) is 5.56 Å². The molecule has 7 nitrogen and oxygen atoms in total. The van der Waals surface area contributed by atoms with E-state index in [0.717, 1.165) is 0 Å². The minimum absolute atomic E-state index is 0.139. The minimum Gasteiger partial charge on any atom is -0.479 e. The van der Waals surface area contributed by atoms with Gasteiger partial charge < -0.3 is 10.4 Å². The Bertz CT molecular complexity index is 569. The Kier molecular flexibility index (Phi) is 4.43. The molecule has 1 atom stereocenters. The number of aliphatic carboxylic acids is 1. The highest BCUT2D eigenvalue weighted by Crippen LogP contribution is 2.12. The molecule has 1 heterocycles. The molecule has 0 fully saturated rings. The summed E-state index contributed by atoms with van der Waals surface area (Å²) in [6.45, 7) is 0.354. The van der Waals surface area contributed by atoms with Crippen molar-refractivity contribution in [3.8, 4) is 0 Å². The van der Waals surface area contributed by atoms with Crippen LogP contribution in [0, 0.1) is 0 Å². The summed E-state index contributed by atoms with van der Waals surface area (Å²) in [5.41, 5.74) is 0.536. The number of carbonyl (C=O) groups is 2. The van der Waals surface area contributed by atoms with Gasteiger partial charge in [0, 0.05) is 12.6 Å². The maximum absolute atomic E-state index is 11.8. The molecule has 1 aromatic carbocycles. The van der Waals surface area contributed by atoms with E-state index in [-0.39, 0.29) is 12.3 Å². The number of carbonyl (C=O) groups excluding carboxylic acids is 1. The summed E-state index contributed by atoms with van der Waals surface area (Å²) in [6, 6.07) is 7.53. The molecule has 0 aliphatic heterocycles. The Morgan fingerprint density at radius 1 is 1.30 bits per heavy atom. The quantitative estimate of drug-likeness (QED) is 0.804. The highest BCUT2D eigenvalue weighted by Gasteiger charge is 2.21. The van der Waals surface area contributed by atoms with E-state index in [1.807, 2.05) is 0 Å². The summed E-state index contributed by atoms with van der Waals surface area (Å²) >= 11 is 0. The van der Waals surface area contributed by atoms with E-state index in [0.29, 0.717) is 12.1 Å². The largest absolute Gasteiger partial charge is 0.479 e. The number of rotatable bonds is 6. The van der Waals surface area contributed by atoms with Crippen molar-refractivity contribution in [2.24, 2.45) is 0 Å². The van der Waals surface area contributed by atoms with Gasteiger partial charge in [-0.25, -0.2) is 4.79 Å². The van der Waals surface area contributed by atoms with Crippen LogP contribution in [0.5, 0.6) is 0 Å². The van der Waals surface area contributed by atoms with E-state index >= 15 is 0 Å². The lowest BCUT2D eigenvalue weighted by Crippen LogP contribution is -2.34. The van der Waals surface area contributed by atoms with E-state index in [1.165, 1.54) is 10.9 Å². The topological polar surface area (TPSA) is 97.1 Å². The zero-order valence-electron chi connectivity index (χ0n) is 10.6. The van der Waals surface area contributed by atoms with E-state index in [4.69, 9.17) is 0 Å². The van der Waals surface area contributed by atoms with Gasteiger partial charge in [-0.1, -0.05) is 35.5 Å². The third-order valence-corrected chi connectivity index (χ3v) is 2.73. The van der Waals surface area contributed by atoms with Gasteiger partial charge in [0.05, 0.1) is 12.7 Å². The second-order valence-electron chi connectivity index (χ2n) is 4.17. The zero-order valence-corrected chi connectivity index (χ0v) is 10.6. The third-order valence-electron chi connectivity index (χ3n) is 2.73. The lowest BCUT2D eigenvalue weighted by atomic mass is 10.1. The molecule has 2 aromatic rings. The van der Waals surface area contributed by atoms with Gasteiger partial charge in [-0.15, -0.1) is 5.10 Å². The number of benzene rings is 1. The van der Waals surface area contributed by atoms with E-state index < -0.39 is 12.0 Å². The van der Waals surface area contributed by atoms with Crippen LogP contribution < -0.4 is 5.32 Å². The summed E-state index contributed by atoms with van der Waals surface area (Å²) in [6.07, 6.45) is 3.29. The molecule has 0 aliphatic rings. The molecule has 1 amide bonds. The molecule has 0 saturated heterocycles. The average Bonchev–Trinajstić information content (AvgIpc) is 2.96. The number of aryl methyl sites for hydroxylation is 1. The normalized spacial score (nSPS) is 11.8. The van der Waals surface area contributed by atoms with Gasteiger partial charge in [0.2, 0.25) is 5.91 Å². The van der Waals surface area contributed by atoms with Crippen molar-refractivity contribution in [3.05, 3.63) is 48.3 Å². The Balaban J connectivity index is 1.95. The Labute approximate surface area is 115 Å². The molecule has 1 aromatic heterocycles. The summed E-state index contributed by atoms with van der Waals surface area (Å²) in [5, 5.41) is 19.0.